The summed E-state index contributed by atoms with van der Waals surface area (Å²) in [7, 11) is 3.28. The second kappa shape index (κ2) is 5.32. The average Bonchev–Trinajstić information content (AvgIpc) is 2.19. The molecule has 1 aliphatic rings. The van der Waals surface area contributed by atoms with Gasteiger partial charge in [0.2, 0.25) is 0 Å². The van der Waals surface area contributed by atoms with E-state index >= 15 is 0 Å². The molecule has 0 amide bonds. The van der Waals surface area contributed by atoms with Gasteiger partial charge in [-0.2, -0.15) is 0 Å². The number of hydrogen-bond acceptors (Lipinski definition) is 4. The number of methoxy groups -OCH3 is 2. The van der Waals surface area contributed by atoms with Gasteiger partial charge in [0.05, 0.1) is 5.71 Å². The second-order valence-corrected chi connectivity index (χ2v) is 3.72. The lowest BCUT2D eigenvalue weighted by Gasteiger charge is -2.32. The van der Waals surface area contributed by atoms with Crippen LogP contribution in [0, 0.1) is 0 Å². The number of rotatable bonds is 2. The lowest BCUT2D eigenvalue weighted by Crippen LogP contribution is -2.37. The summed E-state index contributed by atoms with van der Waals surface area (Å²) in [5, 5.41) is 12.1. The zero-order chi connectivity index (χ0) is 10.4. The summed E-state index contributed by atoms with van der Waals surface area (Å²) in [5.74, 6) is -0.581. The normalized spacial score (nSPS) is 25.7. The minimum atomic E-state index is -0.581. The van der Waals surface area contributed by atoms with E-state index in [9.17, 15) is 0 Å². The van der Waals surface area contributed by atoms with Crippen molar-refractivity contribution >= 4 is 5.71 Å². The van der Waals surface area contributed by atoms with E-state index in [0.717, 1.165) is 37.8 Å². The van der Waals surface area contributed by atoms with Crippen molar-refractivity contribution < 1.29 is 14.7 Å². The van der Waals surface area contributed by atoms with Crippen LogP contribution in [-0.2, 0) is 9.47 Å². The van der Waals surface area contributed by atoms with Gasteiger partial charge in [0.15, 0.2) is 5.79 Å². The molecule has 0 aromatic carbocycles. The maximum atomic E-state index is 8.81. The highest BCUT2D eigenvalue weighted by Gasteiger charge is 2.32. The maximum absolute atomic E-state index is 8.81. The molecule has 1 aliphatic carbocycles. The van der Waals surface area contributed by atoms with E-state index in [1.807, 2.05) is 0 Å². The van der Waals surface area contributed by atoms with Crippen LogP contribution in [0.5, 0.6) is 0 Å². The molecule has 0 spiro atoms. The van der Waals surface area contributed by atoms with E-state index < -0.39 is 5.79 Å². The van der Waals surface area contributed by atoms with Crippen LogP contribution in [0.1, 0.15) is 38.5 Å². The molecule has 14 heavy (non-hydrogen) atoms. The van der Waals surface area contributed by atoms with Crippen LogP contribution >= 0.6 is 0 Å². The largest absolute Gasteiger partial charge is 0.411 e. The number of nitrogens with zero attached hydrogens (tertiary/aromatic N) is 1. The van der Waals surface area contributed by atoms with E-state index in [1.54, 1.807) is 14.2 Å². The van der Waals surface area contributed by atoms with Crippen molar-refractivity contribution in [1.29, 1.82) is 0 Å². The van der Waals surface area contributed by atoms with Gasteiger partial charge in [-0.1, -0.05) is 11.6 Å². The van der Waals surface area contributed by atoms with Crippen LogP contribution in [0.2, 0.25) is 0 Å². The summed E-state index contributed by atoms with van der Waals surface area (Å²) in [4.78, 5) is 0. The standard InChI is InChI=1S/C10H19NO3/c1-13-10(14-2)7-5-3-4-6-9(8-10)11-12/h12H,3-8H2,1-2H3. The SMILES string of the molecule is COC1(OC)CCCCCC(=NO)C1. The van der Waals surface area contributed by atoms with E-state index in [-0.39, 0.29) is 0 Å². The Hall–Kier alpha value is -0.610. The molecule has 0 aliphatic heterocycles. The summed E-state index contributed by atoms with van der Waals surface area (Å²) in [5.41, 5.74) is 0.772. The zero-order valence-corrected chi connectivity index (χ0v) is 8.95. The Balaban J connectivity index is 2.71. The molecule has 4 heteroatoms. The zero-order valence-electron chi connectivity index (χ0n) is 8.95. The van der Waals surface area contributed by atoms with Crippen molar-refractivity contribution in [2.45, 2.75) is 44.3 Å². The molecular weight excluding hydrogens is 182 g/mol. The monoisotopic (exact) mass is 201 g/mol. The Bertz CT molecular complexity index is 200. The van der Waals surface area contributed by atoms with E-state index in [2.05, 4.69) is 5.16 Å². The minimum Gasteiger partial charge on any atom is -0.411 e. The maximum Gasteiger partial charge on any atom is 0.172 e. The topological polar surface area (TPSA) is 51.0 Å². The Labute approximate surface area is 84.9 Å². The fraction of sp³-hybridized carbons (Fsp3) is 0.900. The first kappa shape index (κ1) is 11.5. The third-order valence-electron chi connectivity index (χ3n) is 2.88. The van der Waals surface area contributed by atoms with Gasteiger partial charge in [0, 0.05) is 27.1 Å². The van der Waals surface area contributed by atoms with E-state index in [4.69, 9.17) is 14.7 Å². The van der Waals surface area contributed by atoms with Gasteiger partial charge in [-0.05, 0) is 19.3 Å². The van der Waals surface area contributed by atoms with Crippen LogP contribution in [0.4, 0.5) is 0 Å². The molecule has 0 aromatic heterocycles. The molecule has 0 bridgehead atoms. The van der Waals surface area contributed by atoms with Crippen LogP contribution in [0.3, 0.4) is 0 Å². The molecule has 0 heterocycles. The molecule has 0 aromatic rings. The number of hydrogen-bond donors (Lipinski definition) is 1. The lowest BCUT2D eigenvalue weighted by molar-refractivity contribution is -0.207. The first-order valence-corrected chi connectivity index (χ1v) is 5.06. The summed E-state index contributed by atoms with van der Waals surface area (Å²) >= 11 is 0. The summed E-state index contributed by atoms with van der Waals surface area (Å²) in [6.07, 6.45) is 5.58. The Morgan fingerprint density at radius 2 is 1.93 bits per heavy atom. The minimum absolute atomic E-state index is 0.566. The molecule has 0 atom stereocenters. The van der Waals surface area contributed by atoms with Gasteiger partial charge in [-0.25, -0.2) is 0 Å². The molecule has 0 saturated heterocycles. The van der Waals surface area contributed by atoms with Crippen LogP contribution < -0.4 is 0 Å². The van der Waals surface area contributed by atoms with Crippen molar-refractivity contribution in [2.24, 2.45) is 5.16 Å². The molecule has 1 N–H and O–H groups in total. The van der Waals surface area contributed by atoms with Crippen molar-refractivity contribution in [3.8, 4) is 0 Å². The van der Waals surface area contributed by atoms with Crippen molar-refractivity contribution in [3.63, 3.8) is 0 Å². The van der Waals surface area contributed by atoms with E-state index in [1.165, 1.54) is 0 Å². The predicted octanol–water partition coefficient (Wildman–Crippen LogP) is 2.16. The average molecular weight is 201 g/mol. The van der Waals surface area contributed by atoms with Gasteiger partial charge in [-0.15, -0.1) is 0 Å². The first-order chi connectivity index (χ1) is 6.76. The highest BCUT2D eigenvalue weighted by molar-refractivity contribution is 5.84. The molecule has 1 rings (SSSR count). The Morgan fingerprint density at radius 3 is 2.50 bits per heavy atom. The summed E-state index contributed by atoms with van der Waals surface area (Å²) in [6, 6.07) is 0. The fourth-order valence-corrected chi connectivity index (χ4v) is 1.91. The summed E-state index contributed by atoms with van der Waals surface area (Å²) < 4.78 is 10.8. The van der Waals surface area contributed by atoms with Gasteiger partial charge >= 0.3 is 0 Å². The fourth-order valence-electron chi connectivity index (χ4n) is 1.91. The van der Waals surface area contributed by atoms with Gasteiger partial charge < -0.3 is 14.7 Å². The second-order valence-electron chi connectivity index (χ2n) is 3.72. The van der Waals surface area contributed by atoms with E-state index in [0.29, 0.717) is 6.42 Å². The van der Waals surface area contributed by atoms with Crippen LogP contribution in [0.25, 0.3) is 0 Å². The highest BCUT2D eigenvalue weighted by atomic mass is 16.7. The highest BCUT2D eigenvalue weighted by Crippen LogP contribution is 2.28. The molecule has 4 nitrogen and oxygen atoms in total. The van der Waals surface area contributed by atoms with Gasteiger partial charge in [0.1, 0.15) is 0 Å². The Kier molecular flexibility index (Phi) is 4.35. The van der Waals surface area contributed by atoms with Crippen LogP contribution in [0.15, 0.2) is 5.16 Å². The van der Waals surface area contributed by atoms with Crippen molar-refractivity contribution in [1.82, 2.24) is 0 Å². The van der Waals surface area contributed by atoms with Gasteiger partial charge in [-0.3, -0.25) is 0 Å². The molecule has 1 fully saturated rings. The first-order valence-electron chi connectivity index (χ1n) is 5.06. The smallest absolute Gasteiger partial charge is 0.172 e. The molecular formula is C10H19NO3. The predicted molar refractivity (Wildman–Crippen MR) is 53.7 cm³/mol. The van der Waals surface area contributed by atoms with Crippen molar-refractivity contribution in [3.05, 3.63) is 0 Å². The Morgan fingerprint density at radius 1 is 1.21 bits per heavy atom. The molecule has 0 unspecified atom stereocenters. The van der Waals surface area contributed by atoms with Gasteiger partial charge in [0.25, 0.3) is 0 Å². The quantitative estimate of drug-likeness (QED) is 0.423. The van der Waals surface area contributed by atoms with Crippen LogP contribution in [-0.4, -0.2) is 30.9 Å². The summed E-state index contributed by atoms with van der Waals surface area (Å²) in [6.45, 7) is 0. The van der Waals surface area contributed by atoms with Crippen molar-refractivity contribution in [2.75, 3.05) is 14.2 Å². The molecule has 1 saturated carbocycles. The molecule has 0 radical (unpaired) electrons. The number of oxime groups is 1. The molecule has 82 valence electrons. The number of ether oxygens (including phenoxy) is 2. The third kappa shape index (κ3) is 2.69. The third-order valence-corrected chi connectivity index (χ3v) is 2.88. The lowest BCUT2D eigenvalue weighted by atomic mass is 9.94.